The number of aryl methyl sites for hydroxylation is 1. The summed E-state index contributed by atoms with van der Waals surface area (Å²) in [5.74, 6) is -0.141. The van der Waals surface area contributed by atoms with E-state index in [1.54, 1.807) is 11.0 Å². The Morgan fingerprint density at radius 3 is 2.45 bits per heavy atom. The Morgan fingerprint density at radius 1 is 1.27 bits per heavy atom. The lowest BCUT2D eigenvalue weighted by molar-refractivity contribution is -0.130. The molecule has 0 bridgehead atoms. The first-order valence-corrected chi connectivity index (χ1v) is 9.95. The largest absolute Gasteiger partial charge is 0.341 e. The first kappa shape index (κ1) is 17.3. The van der Waals surface area contributed by atoms with Gasteiger partial charge in [-0.3, -0.25) is 9.10 Å². The van der Waals surface area contributed by atoms with Crippen LogP contribution in [0.3, 0.4) is 0 Å². The number of benzene rings is 1. The number of sulfonamides is 1. The number of rotatable bonds is 4. The summed E-state index contributed by atoms with van der Waals surface area (Å²) in [6.07, 6.45) is 4.23. The van der Waals surface area contributed by atoms with Gasteiger partial charge in [0.1, 0.15) is 6.54 Å². The summed E-state index contributed by atoms with van der Waals surface area (Å²) >= 11 is 3.40. The second-order valence-electron chi connectivity index (χ2n) is 5.67. The molecule has 1 fully saturated rings. The van der Waals surface area contributed by atoms with Gasteiger partial charge in [0.2, 0.25) is 15.9 Å². The number of carbonyl (C=O) groups is 1. The van der Waals surface area contributed by atoms with E-state index in [0.717, 1.165) is 31.1 Å². The second-order valence-corrected chi connectivity index (χ2v) is 8.43. The van der Waals surface area contributed by atoms with Crippen LogP contribution in [0, 0.1) is 6.92 Å². The Labute approximate surface area is 140 Å². The third-order valence-corrected chi connectivity index (χ3v) is 5.52. The molecule has 0 saturated carbocycles. The average Bonchev–Trinajstić information content (AvgIpc) is 2.45. The highest BCUT2D eigenvalue weighted by Crippen LogP contribution is 2.29. The van der Waals surface area contributed by atoms with Crippen molar-refractivity contribution in [3.63, 3.8) is 0 Å². The van der Waals surface area contributed by atoms with Gasteiger partial charge in [-0.2, -0.15) is 0 Å². The molecule has 1 saturated heterocycles. The van der Waals surface area contributed by atoms with Gasteiger partial charge >= 0.3 is 0 Å². The minimum Gasteiger partial charge on any atom is -0.341 e. The van der Waals surface area contributed by atoms with Gasteiger partial charge in [-0.05, 0) is 59.8 Å². The topological polar surface area (TPSA) is 57.7 Å². The summed E-state index contributed by atoms with van der Waals surface area (Å²) in [4.78, 5) is 14.2. The van der Waals surface area contributed by atoms with Gasteiger partial charge < -0.3 is 4.90 Å². The quantitative estimate of drug-likeness (QED) is 0.795. The Morgan fingerprint density at radius 2 is 1.91 bits per heavy atom. The molecule has 1 aromatic rings. The number of likely N-dealkylation sites (tertiary alicyclic amines) is 1. The lowest BCUT2D eigenvalue weighted by atomic mass is 10.1. The lowest BCUT2D eigenvalue weighted by Crippen LogP contribution is -2.44. The van der Waals surface area contributed by atoms with Crippen molar-refractivity contribution in [2.24, 2.45) is 0 Å². The fourth-order valence-electron chi connectivity index (χ4n) is 2.56. The Hall–Kier alpha value is -1.08. The van der Waals surface area contributed by atoms with Crippen LogP contribution in [0.5, 0.6) is 0 Å². The zero-order chi connectivity index (χ0) is 16.3. The summed E-state index contributed by atoms with van der Waals surface area (Å²) in [5, 5.41) is 0. The van der Waals surface area contributed by atoms with Gasteiger partial charge in [0.15, 0.2) is 0 Å². The first-order valence-electron chi connectivity index (χ1n) is 7.30. The maximum absolute atomic E-state index is 12.4. The van der Waals surface area contributed by atoms with Crippen LogP contribution in [0.25, 0.3) is 0 Å². The number of piperidine rings is 1. The van der Waals surface area contributed by atoms with E-state index in [1.807, 2.05) is 19.1 Å². The zero-order valence-corrected chi connectivity index (χ0v) is 15.3. The molecule has 5 nitrogen and oxygen atoms in total. The second kappa shape index (κ2) is 7.00. The minimum absolute atomic E-state index is 0.141. The van der Waals surface area contributed by atoms with Crippen LogP contribution < -0.4 is 4.31 Å². The molecule has 0 atom stereocenters. The number of halogens is 1. The fraction of sp³-hybridized carbons (Fsp3) is 0.533. The predicted molar refractivity (Wildman–Crippen MR) is 91.5 cm³/mol. The Balaban J connectivity index is 2.25. The van der Waals surface area contributed by atoms with E-state index in [1.165, 1.54) is 4.31 Å². The molecule has 1 heterocycles. The predicted octanol–water partition coefficient (Wildman–Crippen LogP) is 2.54. The molecular formula is C15H21BrN2O3S. The molecular weight excluding hydrogens is 368 g/mol. The molecule has 1 aliphatic heterocycles. The maximum Gasteiger partial charge on any atom is 0.243 e. The van der Waals surface area contributed by atoms with Crippen molar-refractivity contribution in [1.82, 2.24) is 4.90 Å². The highest BCUT2D eigenvalue weighted by molar-refractivity contribution is 9.10. The van der Waals surface area contributed by atoms with E-state index in [2.05, 4.69) is 15.9 Å². The summed E-state index contributed by atoms with van der Waals surface area (Å²) in [6, 6.07) is 5.41. The van der Waals surface area contributed by atoms with Gasteiger partial charge in [-0.25, -0.2) is 8.42 Å². The van der Waals surface area contributed by atoms with Crippen LogP contribution in [0.1, 0.15) is 24.8 Å². The van der Waals surface area contributed by atoms with Crippen LogP contribution in [0.15, 0.2) is 22.7 Å². The maximum atomic E-state index is 12.4. The standard InChI is InChI=1S/C15H21BrN2O3S/c1-12-6-7-14(13(16)10-12)18(22(2,20)21)11-15(19)17-8-4-3-5-9-17/h6-7,10H,3-5,8-9,11H2,1-2H3. The molecule has 1 aromatic carbocycles. The third kappa shape index (κ3) is 4.23. The summed E-state index contributed by atoms with van der Waals surface area (Å²) < 4.78 is 26.1. The van der Waals surface area contributed by atoms with E-state index >= 15 is 0 Å². The number of amides is 1. The minimum atomic E-state index is -3.53. The molecule has 7 heteroatoms. The van der Waals surface area contributed by atoms with Gasteiger partial charge in [-0.15, -0.1) is 0 Å². The van der Waals surface area contributed by atoms with Crippen molar-refractivity contribution in [3.8, 4) is 0 Å². The SMILES string of the molecule is Cc1ccc(N(CC(=O)N2CCCCC2)S(C)(=O)=O)c(Br)c1. The van der Waals surface area contributed by atoms with Gasteiger partial charge in [-0.1, -0.05) is 6.07 Å². The van der Waals surface area contributed by atoms with Gasteiger partial charge in [0.05, 0.1) is 11.9 Å². The van der Waals surface area contributed by atoms with E-state index in [4.69, 9.17) is 0 Å². The zero-order valence-electron chi connectivity index (χ0n) is 12.9. The number of nitrogens with zero attached hydrogens (tertiary/aromatic N) is 2. The average molecular weight is 389 g/mol. The number of hydrogen-bond acceptors (Lipinski definition) is 3. The number of anilines is 1. The molecule has 1 aliphatic rings. The number of carbonyl (C=O) groups excluding carboxylic acids is 1. The molecule has 122 valence electrons. The highest BCUT2D eigenvalue weighted by atomic mass is 79.9. The molecule has 0 aliphatic carbocycles. The van der Waals surface area contributed by atoms with Gasteiger partial charge in [0.25, 0.3) is 0 Å². The molecule has 0 spiro atoms. The van der Waals surface area contributed by atoms with Crippen molar-refractivity contribution in [2.45, 2.75) is 26.2 Å². The van der Waals surface area contributed by atoms with E-state index in [0.29, 0.717) is 23.2 Å². The first-order chi connectivity index (χ1) is 10.3. The van der Waals surface area contributed by atoms with Crippen LogP contribution in [-0.4, -0.2) is 45.1 Å². The monoisotopic (exact) mass is 388 g/mol. The van der Waals surface area contributed by atoms with Crippen LogP contribution in [0.4, 0.5) is 5.69 Å². The van der Waals surface area contributed by atoms with Crippen LogP contribution in [0.2, 0.25) is 0 Å². The molecule has 0 N–H and O–H groups in total. The summed E-state index contributed by atoms with van der Waals surface area (Å²) in [5.41, 5.74) is 1.52. The molecule has 2 rings (SSSR count). The van der Waals surface area contributed by atoms with Crippen molar-refractivity contribution in [2.75, 3.05) is 30.2 Å². The van der Waals surface area contributed by atoms with Crippen LogP contribution in [-0.2, 0) is 14.8 Å². The normalized spacial score (nSPS) is 15.7. The molecule has 22 heavy (non-hydrogen) atoms. The Bertz CT molecular complexity index is 655. The highest BCUT2D eigenvalue weighted by Gasteiger charge is 2.26. The molecule has 0 aromatic heterocycles. The lowest BCUT2D eigenvalue weighted by Gasteiger charge is -2.30. The smallest absolute Gasteiger partial charge is 0.243 e. The van der Waals surface area contributed by atoms with E-state index < -0.39 is 10.0 Å². The fourth-order valence-corrected chi connectivity index (χ4v) is 4.25. The summed E-state index contributed by atoms with van der Waals surface area (Å²) in [7, 11) is -3.53. The summed E-state index contributed by atoms with van der Waals surface area (Å²) in [6.45, 7) is 3.20. The van der Waals surface area contributed by atoms with Crippen molar-refractivity contribution in [1.29, 1.82) is 0 Å². The third-order valence-electron chi connectivity index (χ3n) is 3.76. The van der Waals surface area contributed by atoms with Gasteiger partial charge in [0, 0.05) is 17.6 Å². The van der Waals surface area contributed by atoms with Crippen molar-refractivity contribution in [3.05, 3.63) is 28.2 Å². The Kier molecular flexibility index (Phi) is 5.50. The van der Waals surface area contributed by atoms with Crippen LogP contribution >= 0.6 is 15.9 Å². The van der Waals surface area contributed by atoms with Crippen molar-refractivity contribution < 1.29 is 13.2 Å². The van der Waals surface area contributed by atoms with E-state index in [9.17, 15) is 13.2 Å². The van der Waals surface area contributed by atoms with Crippen molar-refractivity contribution >= 4 is 37.5 Å². The van der Waals surface area contributed by atoms with E-state index in [-0.39, 0.29) is 12.5 Å². The molecule has 0 radical (unpaired) electrons. The molecule has 1 amide bonds. The number of hydrogen-bond donors (Lipinski definition) is 0. The molecule has 0 unspecified atom stereocenters.